The number of carbonyl (C=O) groups is 1. The van der Waals surface area contributed by atoms with Gasteiger partial charge in [-0.15, -0.1) is 24.0 Å². The first-order valence-electron chi connectivity index (χ1n) is 6.69. The number of hydrogen-bond acceptors (Lipinski definition) is 2. The highest BCUT2D eigenvalue weighted by Gasteiger charge is 2.27. The summed E-state index contributed by atoms with van der Waals surface area (Å²) in [5.41, 5.74) is 0. The van der Waals surface area contributed by atoms with E-state index in [9.17, 15) is 18.0 Å². The zero-order valence-electron chi connectivity index (χ0n) is 12.2. The molecule has 5 nitrogen and oxygen atoms in total. The average Bonchev–Trinajstić information content (AvgIpc) is 2.36. The van der Waals surface area contributed by atoms with E-state index < -0.39 is 12.6 Å². The SMILES string of the molecule is CCNC(=NCCC(F)(F)F)N1CCN(C(C)=O)CC1.I. The maximum atomic E-state index is 12.1. The van der Waals surface area contributed by atoms with Crippen molar-refractivity contribution in [3.8, 4) is 0 Å². The Morgan fingerprint density at radius 3 is 2.14 bits per heavy atom. The second-order valence-electron chi connectivity index (χ2n) is 4.59. The van der Waals surface area contributed by atoms with Gasteiger partial charge in [-0.2, -0.15) is 13.2 Å². The van der Waals surface area contributed by atoms with Crippen LogP contribution in [-0.4, -0.2) is 67.1 Å². The van der Waals surface area contributed by atoms with Crippen LogP contribution in [0.1, 0.15) is 20.3 Å². The molecule has 1 heterocycles. The first-order chi connectivity index (χ1) is 9.33. The number of aliphatic imine (C=N–C) groups is 1. The minimum Gasteiger partial charge on any atom is -0.357 e. The van der Waals surface area contributed by atoms with Crippen molar-refractivity contribution < 1.29 is 18.0 Å². The van der Waals surface area contributed by atoms with Gasteiger partial charge in [0.15, 0.2) is 5.96 Å². The molecular weight excluding hydrogens is 400 g/mol. The average molecular weight is 422 g/mol. The second kappa shape index (κ2) is 9.31. The molecule has 0 spiro atoms. The van der Waals surface area contributed by atoms with Gasteiger partial charge in [0.1, 0.15) is 0 Å². The fraction of sp³-hybridized carbons (Fsp3) is 0.833. The molecule has 1 aliphatic rings. The summed E-state index contributed by atoms with van der Waals surface area (Å²) in [5.74, 6) is 0.503. The summed E-state index contributed by atoms with van der Waals surface area (Å²) in [6, 6.07) is 0. The number of nitrogens with one attached hydrogen (secondary N) is 1. The third-order valence-electron chi connectivity index (χ3n) is 3.02. The normalized spacial score (nSPS) is 16.5. The predicted octanol–water partition coefficient (Wildman–Crippen LogP) is 1.69. The first kappa shape index (κ1) is 20.3. The molecule has 1 amide bonds. The van der Waals surface area contributed by atoms with Crippen molar-refractivity contribution in [1.29, 1.82) is 0 Å². The Labute approximate surface area is 140 Å². The van der Waals surface area contributed by atoms with E-state index in [2.05, 4.69) is 10.3 Å². The van der Waals surface area contributed by atoms with Gasteiger partial charge in [0.2, 0.25) is 5.91 Å². The van der Waals surface area contributed by atoms with Crippen LogP contribution >= 0.6 is 24.0 Å². The van der Waals surface area contributed by atoms with Gasteiger partial charge in [-0.05, 0) is 6.92 Å². The van der Waals surface area contributed by atoms with Crippen molar-refractivity contribution in [3.63, 3.8) is 0 Å². The standard InChI is InChI=1S/C12H21F3N4O.HI/c1-3-16-11(17-5-4-12(13,14)15)19-8-6-18(7-9-19)10(2)20;/h3-9H2,1-2H3,(H,16,17);1H. The number of halogens is 4. The lowest BCUT2D eigenvalue weighted by Gasteiger charge is -2.36. The molecule has 0 atom stereocenters. The topological polar surface area (TPSA) is 47.9 Å². The molecule has 1 fully saturated rings. The summed E-state index contributed by atoms with van der Waals surface area (Å²) < 4.78 is 36.4. The highest BCUT2D eigenvalue weighted by molar-refractivity contribution is 14.0. The highest BCUT2D eigenvalue weighted by Crippen LogP contribution is 2.19. The van der Waals surface area contributed by atoms with E-state index in [1.54, 1.807) is 4.90 Å². The van der Waals surface area contributed by atoms with Gasteiger partial charge in [0, 0.05) is 39.6 Å². The largest absolute Gasteiger partial charge is 0.390 e. The minimum atomic E-state index is -4.19. The van der Waals surface area contributed by atoms with Crippen LogP contribution < -0.4 is 5.32 Å². The molecule has 0 bridgehead atoms. The van der Waals surface area contributed by atoms with Crippen molar-refractivity contribution in [2.45, 2.75) is 26.4 Å². The van der Waals surface area contributed by atoms with E-state index >= 15 is 0 Å². The summed E-state index contributed by atoms with van der Waals surface area (Å²) in [7, 11) is 0. The fourth-order valence-corrected chi connectivity index (χ4v) is 1.95. The van der Waals surface area contributed by atoms with Crippen LogP contribution in [0, 0.1) is 0 Å². The summed E-state index contributed by atoms with van der Waals surface area (Å²) in [4.78, 5) is 18.8. The minimum absolute atomic E-state index is 0. The number of nitrogens with zero attached hydrogens (tertiary/aromatic N) is 3. The molecule has 1 rings (SSSR count). The maximum Gasteiger partial charge on any atom is 0.390 e. The smallest absolute Gasteiger partial charge is 0.357 e. The van der Waals surface area contributed by atoms with Crippen LogP contribution in [0.3, 0.4) is 0 Å². The highest BCUT2D eigenvalue weighted by atomic mass is 127. The zero-order chi connectivity index (χ0) is 15.2. The van der Waals surface area contributed by atoms with Crippen LogP contribution in [-0.2, 0) is 4.79 Å². The first-order valence-corrected chi connectivity index (χ1v) is 6.69. The van der Waals surface area contributed by atoms with E-state index in [1.807, 2.05) is 11.8 Å². The van der Waals surface area contributed by atoms with Gasteiger partial charge < -0.3 is 15.1 Å². The molecule has 21 heavy (non-hydrogen) atoms. The Kier molecular flexibility index (Phi) is 8.98. The molecule has 0 aromatic carbocycles. The van der Waals surface area contributed by atoms with E-state index in [-0.39, 0.29) is 36.4 Å². The van der Waals surface area contributed by atoms with Crippen LogP contribution in [0.5, 0.6) is 0 Å². The van der Waals surface area contributed by atoms with Crippen molar-refractivity contribution in [3.05, 3.63) is 0 Å². The molecule has 0 radical (unpaired) electrons. The Hall–Kier alpha value is -0.740. The lowest BCUT2D eigenvalue weighted by molar-refractivity contribution is -0.132. The van der Waals surface area contributed by atoms with E-state index in [0.717, 1.165) is 0 Å². The lowest BCUT2D eigenvalue weighted by Crippen LogP contribution is -2.53. The van der Waals surface area contributed by atoms with E-state index in [4.69, 9.17) is 0 Å². The van der Waals surface area contributed by atoms with Crippen LogP contribution in [0.15, 0.2) is 4.99 Å². The van der Waals surface area contributed by atoms with Gasteiger partial charge in [-0.1, -0.05) is 0 Å². The molecule has 0 unspecified atom stereocenters. The van der Waals surface area contributed by atoms with Crippen molar-refractivity contribution >= 4 is 35.8 Å². The number of piperazine rings is 1. The van der Waals surface area contributed by atoms with Gasteiger partial charge in [-0.3, -0.25) is 9.79 Å². The van der Waals surface area contributed by atoms with Crippen molar-refractivity contribution in [2.75, 3.05) is 39.3 Å². The van der Waals surface area contributed by atoms with Gasteiger partial charge in [0.25, 0.3) is 0 Å². The second-order valence-corrected chi connectivity index (χ2v) is 4.59. The number of hydrogen-bond donors (Lipinski definition) is 1. The molecule has 0 saturated carbocycles. The molecular formula is C12H22F3IN4O. The zero-order valence-corrected chi connectivity index (χ0v) is 14.6. The Morgan fingerprint density at radius 2 is 1.71 bits per heavy atom. The van der Waals surface area contributed by atoms with Crippen molar-refractivity contribution in [1.82, 2.24) is 15.1 Å². The number of rotatable bonds is 3. The summed E-state index contributed by atoms with van der Waals surface area (Å²) >= 11 is 0. The maximum absolute atomic E-state index is 12.1. The van der Waals surface area contributed by atoms with Gasteiger partial charge in [-0.25, -0.2) is 0 Å². The monoisotopic (exact) mass is 422 g/mol. The van der Waals surface area contributed by atoms with Gasteiger partial charge >= 0.3 is 6.18 Å². The summed E-state index contributed by atoms with van der Waals surface area (Å²) in [5, 5.41) is 2.99. The molecule has 0 aliphatic carbocycles. The molecule has 0 aromatic heterocycles. The Balaban J connectivity index is 0.00000400. The van der Waals surface area contributed by atoms with Crippen LogP contribution in [0.2, 0.25) is 0 Å². The van der Waals surface area contributed by atoms with Crippen molar-refractivity contribution in [2.24, 2.45) is 4.99 Å². The number of amides is 1. The number of alkyl halides is 3. The van der Waals surface area contributed by atoms with Gasteiger partial charge in [0.05, 0.1) is 13.0 Å². The molecule has 1 saturated heterocycles. The third kappa shape index (κ3) is 7.72. The Morgan fingerprint density at radius 1 is 1.19 bits per heavy atom. The third-order valence-corrected chi connectivity index (χ3v) is 3.02. The fourth-order valence-electron chi connectivity index (χ4n) is 1.95. The lowest BCUT2D eigenvalue weighted by atomic mass is 10.3. The van der Waals surface area contributed by atoms with E-state index in [0.29, 0.717) is 38.7 Å². The molecule has 0 aromatic rings. The molecule has 1 aliphatic heterocycles. The van der Waals surface area contributed by atoms with Crippen LogP contribution in [0.25, 0.3) is 0 Å². The predicted molar refractivity (Wildman–Crippen MR) is 85.9 cm³/mol. The quantitative estimate of drug-likeness (QED) is 0.428. The number of carbonyl (C=O) groups excluding carboxylic acids is 1. The number of guanidine groups is 1. The Bertz CT molecular complexity index is 355. The van der Waals surface area contributed by atoms with E-state index in [1.165, 1.54) is 6.92 Å². The molecule has 1 N–H and O–H groups in total. The van der Waals surface area contributed by atoms with Crippen LogP contribution in [0.4, 0.5) is 13.2 Å². The summed E-state index contributed by atoms with van der Waals surface area (Å²) in [6.07, 6.45) is -5.11. The molecule has 124 valence electrons. The molecule has 9 heteroatoms. The summed E-state index contributed by atoms with van der Waals surface area (Å²) in [6.45, 7) is 5.99.